The average Bonchev–Trinajstić information content (AvgIpc) is 2.96. The Kier molecular flexibility index (Phi) is 14.2. The number of anilines is 1. The zero-order valence-corrected chi connectivity index (χ0v) is 27.6. The van der Waals surface area contributed by atoms with Gasteiger partial charge >= 0.3 is 17.8 Å². The number of aryl methyl sites for hydroxylation is 1. The number of carbonyl (C=O) groups excluding carboxylic acids is 5. The number of rotatable bonds is 14. The number of benzene rings is 2. The average molecular weight is 626 g/mol. The summed E-state index contributed by atoms with van der Waals surface area (Å²) in [5.41, 5.74) is 0.708. The molecule has 0 aliphatic carbocycles. The third-order valence-corrected chi connectivity index (χ3v) is 6.56. The molecule has 0 aromatic heterocycles. The quantitative estimate of drug-likeness (QED) is 0.176. The highest BCUT2D eigenvalue weighted by atomic mass is 16.7. The molecule has 0 heterocycles. The van der Waals surface area contributed by atoms with E-state index in [0.717, 1.165) is 5.56 Å². The molecule has 0 radical (unpaired) electrons. The minimum Gasteiger partial charge on any atom is -0.453 e. The minimum atomic E-state index is -1.11. The molecule has 0 saturated carbocycles. The lowest BCUT2D eigenvalue weighted by Crippen LogP contribution is -2.53. The van der Waals surface area contributed by atoms with Gasteiger partial charge in [0.05, 0.1) is 11.3 Å². The SMILES string of the molecule is COCOC(=O)c1cc(CCC(=O)N(C(C)C)C(CC(C)C)C(=O)NCc2ccccc2)ccc1NC(=O)C(=O)OC(C)(C)C. The number of ether oxygens (including phenoxy) is 3. The van der Waals surface area contributed by atoms with Crippen LogP contribution in [0.2, 0.25) is 0 Å². The van der Waals surface area contributed by atoms with Crippen LogP contribution in [0.15, 0.2) is 48.5 Å². The molecule has 0 spiro atoms. The van der Waals surface area contributed by atoms with Gasteiger partial charge in [0.1, 0.15) is 11.6 Å². The van der Waals surface area contributed by atoms with Crippen LogP contribution in [0.3, 0.4) is 0 Å². The van der Waals surface area contributed by atoms with Crippen molar-refractivity contribution in [2.24, 2.45) is 5.92 Å². The minimum absolute atomic E-state index is 0.0207. The van der Waals surface area contributed by atoms with E-state index in [4.69, 9.17) is 14.2 Å². The summed E-state index contributed by atoms with van der Waals surface area (Å²) in [5, 5.41) is 5.40. The Morgan fingerprint density at radius 2 is 1.58 bits per heavy atom. The molecular formula is C34H47N3O8. The zero-order chi connectivity index (χ0) is 33.7. The van der Waals surface area contributed by atoms with Gasteiger partial charge < -0.3 is 29.7 Å². The molecule has 11 nitrogen and oxygen atoms in total. The first-order valence-electron chi connectivity index (χ1n) is 15.1. The summed E-state index contributed by atoms with van der Waals surface area (Å²) in [4.78, 5) is 66.2. The zero-order valence-electron chi connectivity index (χ0n) is 27.6. The molecule has 246 valence electrons. The largest absolute Gasteiger partial charge is 0.453 e. The number of methoxy groups -OCH3 is 1. The van der Waals surface area contributed by atoms with Gasteiger partial charge in [-0.3, -0.25) is 14.4 Å². The molecule has 2 rings (SSSR count). The first-order chi connectivity index (χ1) is 21.1. The summed E-state index contributed by atoms with van der Waals surface area (Å²) < 4.78 is 15.0. The van der Waals surface area contributed by atoms with E-state index in [2.05, 4.69) is 10.6 Å². The maximum absolute atomic E-state index is 13.7. The Labute approximate surface area is 266 Å². The molecule has 11 heteroatoms. The Bertz CT molecular complexity index is 1320. The Morgan fingerprint density at radius 3 is 2.16 bits per heavy atom. The molecule has 2 aromatic rings. The van der Waals surface area contributed by atoms with Crippen LogP contribution >= 0.6 is 0 Å². The van der Waals surface area contributed by atoms with E-state index in [-0.39, 0.29) is 54.7 Å². The Balaban J connectivity index is 2.25. The van der Waals surface area contributed by atoms with Crippen LogP contribution in [0.4, 0.5) is 5.69 Å². The van der Waals surface area contributed by atoms with E-state index >= 15 is 0 Å². The molecule has 2 aromatic carbocycles. The first-order valence-corrected chi connectivity index (χ1v) is 15.1. The molecule has 45 heavy (non-hydrogen) atoms. The van der Waals surface area contributed by atoms with Gasteiger partial charge in [-0.15, -0.1) is 0 Å². The van der Waals surface area contributed by atoms with Gasteiger partial charge in [-0.1, -0.05) is 50.2 Å². The predicted octanol–water partition coefficient (Wildman–Crippen LogP) is 4.63. The summed E-state index contributed by atoms with van der Waals surface area (Å²) >= 11 is 0. The molecule has 3 amide bonds. The Hall–Kier alpha value is -4.25. The van der Waals surface area contributed by atoms with Crippen LogP contribution in [0.1, 0.15) is 82.8 Å². The molecule has 1 unspecified atom stereocenters. The molecule has 0 aliphatic heterocycles. The summed E-state index contributed by atoms with van der Waals surface area (Å²) in [6.45, 7) is 12.7. The standard InChI is InChI=1S/C34H47N3O8/c1-22(2)18-28(30(39)35-20-25-12-10-9-11-13-25)37(23(3)4)29(38)17-15-24-14-16-27(26(19-24)32(41)44-21-43-8)36-31(40)33(42)45-34(5,6)7/h9-14,16,19,22-23,28H,15,17-18,20-21H2,1-8H3,(H,35,39)(H,36,40). The van der Waals surface area contributed by atoms with Crippen LogP contribution in [0, 0.1) is 5.92 Å². The van der Waals surface area contributed by atoms with E-state index in [0.29, 0.717) is 18.5 Å². The predicted molar refractivity (Wildman–Crippen MR) is 170 cm³/mol. The van der Waals surface area contributed by atoms with Gasteiger partial charge in [-0.2, -0.15) is 0 Å². The number of amides is 3. The Morgan fingerprint density at radius 1 is 0.911 bits per heavy atom. The van der Waals surface area contributed by atoms with E-state index in [1.165, 1.54) is 19.2 Å². The van der Waals surface area contributed by atoms with E-state index < -0.39 is 29.5 Å². The van der Waals surface area contributed by atoms with Crippen molar-refractivity contribution in [1.82, 2.24) is 10.2 Å². The van der Waals surface area contributed by atoms with E-state index in [9.17, 15) is 24.0 Å². The van der Waals surface area contributed by atoms with E-state index in [1.54, 1.807) is 31.7 Å². The van der Waals surface area contributed by atoms with Gasteiger partial charge in [0, 0.05) is 26.1 Å². The third kappa shape index (κ3) is 12.3. The number of hydrogen-bond acceptors (Lipinski definition) is 8. The molecule has 0 aliphatic rings. The second-order valence-corrected chi connectivity index (χ2v) is 12.4. The van der Waals surface area contributed by atoms with Crippen molar-refractivity contribution >= 4 is 35.3 Å². The highest BCUT2D eigenvalue weighted by Crippen LogP contribution is 2.22. The van der Waals surface area contributed by atoms with Crippen LogP contribution in [0.5, 0.6) is 0 Å². The molecule has 0 bridgehead atoms. The van der Waals surface area contributed by atoms with Crippen molar-refractivity contribution < 1.29 is 38.2 Å². The van der Waals surface area contributed by atoms with Crippen molar-refractivity contribution in [3.05, 3.63) is 65.2 Å². The van der Waals surface area contributed by atoms with Crippen LogP contribution in [-0.4, -0.2) is 66.1 Å². The second-order valence-electron chi connectivity index (χ2n) is 12.4. The van der Waals surface area contributed by atoms with Crippen molar-refractivity contribution in [1.29, 1.82) is 0 Å². The van der Waals surface area contributed by atoms with Gasteiger partial charge in [-0.05, 0) is 76.6 Å². The number of esters is 2. The van der Waals surface area contributed by atoms with Gasteiger partial charge in [0.2, 0.25) is 11.8 Å². The molecule has 2 N–H and O–H groups in total. The normalized spacial score (nSPS) is 12.0. The highest BCUT2D eigenvalue weighted by Gasteiger charge is 2.32. The summed E-state index contributed by atoms with van der Waals surface area (Å²) in [7, 11) is 1.36. The molecule has 0 saturated heterocycles. The summed E-state index contributed by atoms with van der Waals surface area (Å²) in [6, 6.07) is 13.3. The first kappa shape index (κ1) is 36.9. The lowest BCUT2D eigenvalue weighted by molar-refractivity contribution is -0.161. The summed E-state index contributed by atoms with van der Waals surface area (Å²) in [6.07, 6.45) is 0.800. The maximum Gasteiger partial charge on any atom is 0.397 e. The van der Waals surface area contributed by atoms with Crippen LogP contribution in [-0.2, 0) is 46.4 Å². The maximum atomic E-state index is 13.7. The van der Waals surface area contributed by atoms with E-state index in [1.807, 2.05) is 58.0 Å². The second kappa shape index (κ2) is 17.3. The van der Waals surface area contributed by atoms with Gasteiger partial charge in [0.15, 0.2) is 6.79 Å². The van der Waals surface area contributed by atoms with Crippen molar-refractivity contribution in [3.63, 3.8) is 0 Å². The van der Waals surface area contributed by atoms with Crippen molar-refractivity contribution in [3.8, 4) is 0 Å². The molecular weight excluding hydrogens is 578 g/mol. The number of nitrogens with zero attached hydrogens (tertiary/aromatic N) is 1. The number of carbonyl (C=O) groups is 5. The third-order valence-electron chi connectivity index (χ3n) is 6.56. The number of hydrogen-bond donors (Lipinski definition) is 2. The highest BCUT2D eigenvalue weighted by molar-refractivity contribution is 6.37. The topological polar surface area (TPSA) is 140 Å². The smallest absolute Gasteiger partial charge is 0.397 e. The van der Waals surface area contributed by atoms with Gasteiger partial charge in [0.25, 0.3) is 0 Å². The molecule has 0 fully saturated rings. The van der Waals surface area contributed by atoms with Crippen LogP contribution in [0.25, 0.3) is 0 Å². The van der Waals surface area contributed by atoms with Gasteiger partial charge in [-0.25, -0.2) is 9.59 Å². The fourth-order valence-electron chi connectivity index (χ4n) is 4.61. The lowest BCUT2D eigenvalue weighted by atomic mass is 9.98. The summed E-state index contributed by atoms with van der Waals surface area (Å²) in [5.74, 6) is -3.22. The van der Waals surface area contributed by atoms with Crippen molar-refractivity contribution in [2.45, 2.75) is 92.0 Å². The monoisotopic (exact) mass is 625 g/mol. The lowest BCUT2D eigenvalue weighted by Gasteiger charge is -2.35. The fourth-order valence-corrected chi connectivity index (χ4v) is 4.61. The fraction of sp³-hybridized carbons (Fsp3) is 0.500. The van der Waals surface area contributed by atoms with Crippen LogP contribution < -0.4 is 10.6 Å². The van der Waals surface area contributed by atoms with Crippen molar-refractivity contribution in [2.75, 3.05) is 19.2 Å². The molecule has 1 atom stereocenters. The number of nitrogens with one attached hydrogen (secondary N) is 2.